The summed E-state index contributed by atoms with van der Waals surface area (Å²) in [5, 5.41) is 24.9. The van der Waals surface area contributed by atoms with Gasteiger partial charge in [-0.2, -0.15) is 12.6 Å². The molecule has 0 spiro atoms. The van der Waals surface area contributed by atoms with Gasteiger partial charge in [0.05, 0.1) is 13.0 Å². The van der Waals surface area contributed by atoms with Crippen molar-refractivity contribution < 1.29 is 34.2 Å². The van der Waals surface area contributed by atoms with Crippen LogP contribution >= 0.6 is 12.6 Å². The van der Waals surface area contributed by atoms with Gasteiger partial charge in [-0.3, -0.25) is 19.2 Å². The lowest BCUT2D eigenvalue weighted by atomic mass is 10.0. The largest absolute Gasteiger partial charge is 0.481 e. The summed E-state index contributed by atoms with van der Waals surface area (Å²) in [6, 6.07) is 4.62. The number of carboxylic acid groups (broad SMARTS) is 2. The first-order valence-electron chi connectivity index (χ1n) is 8.87. The molecule has 1 aromatic carbocycles. The molecule has 0 aliphatic carbocycles. The highest BCUT2D eigenvalue weighted by molar-refractivity contribution is 7.80. The second-order valence-corrected chi connectivity index (χ2v) is 6.62. The van der Waals surface area contributed by atoms with E-state index < -0.39 is 54.2 Å². The number of hydrogen-bond donors (Lipinski definition) is 7. The molecule has 3 amide bonds. The van der Waals surface area contributed by atoms with Gasteiger partial charge in [0.2, 0.25) is 17.7 Å². The van der Waals surface area contributed by atoms with E-state index in [0.29, 0.717) is 5.56 Å². The van der Waals surface area contributed by atoms with Crippen molar-refractivity contribution in [3.8, 4) is 0 Å². The Labute approximate surface area is 177 Å². The number of nitrogens with one attached hydrogen (secondary N) is 3. The summed E-state index contributed by atoms with van der Waals surface area (Å²) >= 11 is 3.82. The standard InChI is InChI=1S/C18H24N4O7S/c19-8-14(23)20-11(6-10-4-2-1-3-5-10)16(26)21-12(7-15(24)25)17(27)22-13(9-30)18(28)29/h1-5,11-13,30H,6-9,19H2,(H,20,23)(H,21,26)(H,22,27)(H,24,25)(H,28,29). The molecule has 0 radical (unpaired) electrons. The van der Waals surface area contributed by atoms with Gasteiger partial charge in [0.25, 0.3) is 0 Å². The molecular weight excluding hydrogens is 416 g/mol. The van der Waals surface area contributed by atoms with Crippen LogP contribution in [0.3, 0.4) is 0 Å². The molecule has 3 atom stereocenters. The first-order valence-corrected chi connectivity index (χ1v) is 9.50. The van der Waals surface area contributed by atoms with Gasteiger partial charge in [-0.25, -0.2) is 4.79 Å². The summed E-state index contributed by atoms with van der Waals surface area (Å²) in [6.45, 7) is -0.375. The van der Waals surface area contributed by atoms with E-state index in [9.17, 15) is 24.0 Å². The fraction of sp³-hybridized carbons (Fsp3) is 0.389. The van der Waals surface area contributed by atoms with Gasteiger partial charge in [-0.1, -0.05) is 30.3 Å². The van der Waals surface area contributed by atoms with Gasteiger partial charge in [-0.15, -0.1) is 0 Å². The topological polar surface area (TPSA) is 188 Å². The maximum absolute atomic E-state index is 12.7. The number of rotatable bonds is 12. The van der Waals surface area contributed by atoms with Crippen LogP contribution in [-0.2, 0) is 30.4 Å². The second kappa shape index (κ2) is 12.4. The Balaban J connectivity index is 2.99. The highest BCUT2D eigenvalue weighted by Gasteiger charge is 2.30. The minimum Gasteiger partial charge on any atom is -0.481 e. The molecule has 1 rings (SSSR count). The van der Waals surface area contributed by atoms with E-state index in [1.165, 1.54) is 0 Å². The predicted molar refractivity (Wildman–Crippen MR) is 109 cm³/mol. The SMILES string of the molecule is NCC(=O)NC(Cc1ccccc1)C(=O)NC(CC(=O)O)C(=O)NC(CS)C(=O)O. The normalized spacial score (nSPS) is 13.4. The molecule has 164 valence electrons. The Morgan fingerprint density at radius 2 is 1.47 bits per heavy atom. The van der Waals surface area contributed by atoms with Gasteiger partial charge >= 0.3 is 11.9 Å². The average molecular weight is 440 g/mol. The molecule has 11 nitrogen and oxygen atoms in total. The van der Waals surface area contributed by atoms with E-state index in [1.54, 1.807) is 30.3 Å². The fourth-order valence-corrected chi connectivity index (χ4v) is 2.67. The summed E-state index contributed by atoms with van der Waals surface area (Å²) in [4.78, 5) is 59.0. The van der Waals surface area contributed by atoms with E-state index in [4.69, 9.17) is 15.9 Å². The minimum atomic E-state index is -1.57. The maximum atomic E-state index is 12.7. The second-order valence-electron chi connectivity index (χ2n) is 6.25. The summed E-state index contributed by atoms with van der Waals surface area (Å²) in [6.07, 6.45) is -0.729. The minimum absolute atomic E-state index is 0.0637. The molecule has 1 aromatic rings. The third-order valence-electron chi connectivity index (χ3n) is 3.93. The third kappa shape index (κ3) is 8.49. The predicted octanol–water partition coefficient (Wildman–Crippen LogP) is -1.87. The molecule has 0 heterocycles. The summed E-state index contributed by atoms with van der Waals surface area (Å²) in [5.74, 6) is -5.44. The Morgan fingerprint density at radius 3 is 1.97 bits per heavy atom. The van der Waals surface area contributed by atoms with Gasteiger partial charge in [0.1, 0.15) is 18.1 Å². The zero-order valence-electron chi connectivity index (χ0n) is 15.9. The molecule has 0 saturated carbocycles. The molecular formula is C18H24N4O7S. The maximum Gasteiger partial charge on any atom is 0.327 e. The summed E-state index contributed by atoms with van der Waals surface area (Å²) in [5.41, 5.74) is 5.98. The van der Waals surface area contributed by atoms with E-state index in [0.717, 1.165) is 0 Å². The molecule has 3 unspecified atom stereocenters. The molecule has 0 fully saturated rings. The van der Waals surface area contributed by atoms with Crippen molar-refractivity contribution in [3.63, 3.8) is 0 Å². The van der Waals surface area contributed by atoms with E-state index in [-0.39, 0.29) is 18.7 Å². The number of carbonyl (C=O) groups is 5. The lowest BCUT2D eigenvalue weighted by molar-refractivity contribution is -0.143. The van der Waals surface area contributed by atoms with Gasteiger partial charge in [0.15, 0.2) is 0 Å². The van der Waals surface area contributed by atoms with Crippen molar-refractivity contribution in [2.45, 2.75) is 31.0 Å². The van der Waals surface area contributed by atoms with Crippen LogP contribution in [0.5, 0.6) is 0 Å². The number of hydrogen-bond acceptors (Lipinski definition) is 7. The number of nitrogens with two attached hydrogens (primary N) is 1. The smallest absolute Gasteiger partial charge is 0.327 e. The van der Waals surface area contributed by atoms with Crippen LogP contribution in [0.15, 0.2) is 30.3 Å². The number of carboxylic acids is 2. The number of amides is 3. The number of aliphatic carboxylic acids is 2. The highest BCUT2D eigenvalue weighted by Crippen LogP contribution is 2.05. The van der Waals surface area contributed by atoms with Crippen molar-refractivity contribution in [1.29, 1.82) is 0 Å². The van der Waals surface area contributed by atoms with Crippen molar-refractivity contribution in [2.75, 3.05) is 12.3 Å². The molecule has 0 saturated heterocycles. The third-order valence-corrected chi connectivity index (χ3v) is 4.29. The number of carbonyl (C=O) groups excluding carboxylic acids is 3. The van der Waals surface area contributed by atoms with Crippen LogP contribution in [0.1, 0.15) is 12.0 Å². The molecule has 12 heteroatoms. The Kier molecular flexibility index (Phi) is 10.3. The van der Waals surface area contributed by atoms with E-state index >= 15 is 0 Å². The molecule has 0 aliphatic heterocycles. The van der Waals surface area contributed by atoms with Crippen LogP contribution in [0.2, 0.25) is 0 Å². The number of benzene rings is 1. The Morgan fingerprint density at radius 1 is 0.900 bits per heavy atom. The van der Waals surface area contributed by atoms with Gasteiger partial charge in [0, 0.05) is 12.2 Å². The first-order chi connectivity index (χ1) is 14.2. The molecule has 30 heavy (non-hydrogen) atoms. The van der Waals surface area contributed by atoms with Crippen molar-refractivity contribution >= 4 is 42.3 Å². The van der Waals surface area contributed by atoms with Crippen molar-refractivity contribution in [3.05, 3.63) is 35.9 Å². The molecule has 0 aliphatic rings. The van der Waals surface area contributed by atoms with Crippen LogP contribution in [0.4, 0.5) is 0 Å². The zero-order chi connectivity index (χ0) is 22.7. The lowest BCUT2D eigenvalue weighted by Crippen LogP contribution is -2.57. The summed E-state index contributed by atoms with van der Waals surface area (Å²) < 4.78 is 0. The van der Waals surface area contributed by atoms with Crippen molar-refractivity contribution in [2.24, 2.45) is 5.73 Å². The Bertz CT molecular complexity index is 775. The zero-order valence-corrected chi connectivity index (χ0v) is 16.8. The first kappa shape index (κ1) is 24.9. The highest BCUT2D eigenvalue weighted by atomic mass is 32.1. The van der Waals surface area contributed by atoms with E-state index in [1.807, 2.05) is 0 Å². The Hall–Kier alpha value is -3.12. The van der Waals surface area contributed by atoms with Gasteiger partial charge in [-0.05, 0) is 5.56 Å². The van der Waals surface area contributed by atoms with Gasteiger partial charge < -0.3 is 31.9 Å². The van der Waals surface area contributed by atoms with E-state index in [2.05, 4.69) is 28.6 Å². The monoisotopic (exact) mass is 440 g/mol. The fourth-order valence-electron chi connectivity index (χ4n) is 2.43. The van der Waals surface area contributed by atoms with Crippen LogP contribution in [0.25, 0.3) is 0 Å². The molecule has 7 N–H and O–H groups in total. The number of thiol groups is 1. The molecule has 0 bridgehead atoms. The quantitative estimate of drug-likeness (QED) is 0.184. The van der Waals surface area contributed by atoms with Crippen molar-refractivity contribution in [1.82, 2.24) is 16.0 Å². The molecule has 0 aromatic heterocycles. The van der Waals surface area contributed by atoms with Crippen LogP contribution in [0, 0.1) is 0 Å². The average Bonchev–Trinajstić information content (AvgIpc) is 2.70. The van der Waals surface area contributed by atoms with Crippen LogP contribution < -0.4 is 21.7 Å². The lowest BCUT2D eigenvalue weighted by Gasteiger charge is -2.23. The summed E-state index contributed by atoms with van der Waals surface area (Å²) in [7, 11) is 0. The van der Waals surface area contributed by atoms with Crippen LogP contribution in [-0.4, -0.2) is 70.3 Å².